The molecule has 4 aromatic rings. The lowest BCUT2D eigenvalue weighted by molar-refractivity contribution is 0.0694. The minimum atomic E-state index is -0.482. The van der Waals surface area contributed by atoms with E-state index in [2.05, 4.69) is 29.8 Å². The summed E-state index contributed by atoms with van der Waals surface area (Å²) in [6.07, 6.45) is 8.12. The first-order valence-electron chi connectivity index (χ1n) is 9.95. The topological polar surface area (TPSA) is 77.8 Å². The van der Waals surface area contributed by atoms with Gasteiger partial charge in [0, 0.05) is 36.2 Å². The van der Waals surface area contributed by atoms with Crippen molar-refractivity contribution in [3.8, 4) is 11.4 Å². The van der Waals surface area contributed by atoms with Crippen molar-refractivity contribution in [1.82, 2.24) is 24.5 Å². The maximum absolute atomic E-state index is 14.8. The minimum absolute atomic E-state index is 0.212. The minimum Gasteiger partial charge on any atom is -0.381 e. The van der Waals surface area contributed by atoms with E-state index in [-0.39, 0.29) is 11.7 Å². The van der Waals surface area contributed by atoms with Crippen molar-refractivity contribution >= 4 is 22.4 Å². The fraction of sp³-hybridized carbons (Fsp3) is 0.273. The van der Waals surface area contributed by atoms with Crippen molar-refractivity contribution in [3.63, 3.8) is 0 Å². The van der Waals surface area contributed by atoms with Gasteiger partial charge in [-0.15, -0.1) is 0 Å². The number of aromatic nitrogens is 5. The number of ether oxygens (including phenoxy) is 1. The molecule has 0 radical (unpaired) electrons. The second-order valence-electron chi connectivity index (χ2n) is 7.33. The molecule has 0 spiro atoms. The number of benzene rings is 1. The van der Waals surface area contributed by atoms with Gasteiger partial charge in [0.1, 0.15) is 11.5 Å². The van der Waals surface area contributed by atoms with Crippen LogP contribution in [0.3, 0.4) is 0 Å². The molecule has 0 saturated carbocycles. The third-order valence-electron chi connectivity index (χ3n) is 5.44. The van der Waals surface area contributed by atoms with Gasteiger partial charge in [0.15, 0.2) is 5.82 Å². The van der Waals surface area contributed by atoms with E-state index in [1.165, 1.54) is 6.20 Å². The summed E-state index contributed by atoms with van der Waals surface area (Å²) in [7, 11) is 0. The third kappa shape index (κ3) is 3.39. The van der Waals surface area contributed by atoms with Gasteiger partial charge in [-0.2, -0.15) is 0 Å². The van der Waals surface area contributed by atoms with Crippen LogP contribution in [0.5, 0.6) is 0 Å². The van der Waals surface area contributed by atoms with Gasteiger partial charge in [-0.1, -0.05) is 24.3 Å². The number of fused-ring (bicyclic) bond motifs is 1. The van der Waals surface area contributed by atoms with Gasteiger partial charge in [0.05, 0.1) is 30.0 Å². The van der Waals surface area contributed by atoms with Gasteiger partial charge >= 0.3 is 0 Å². The lowest BCUT2D eigenvalue weighted by atomic mass is 10.1. The molecule has 3 aromatic heterocycles. The molecule has 8 heteroatoms. The largest absolute Gasteiger partial charge is 0.381 e. The zero-order valence-corrected chi connectivity index (χ0v) is 16.5. The zero-order valence-electron chi connectivity index (χ0n) is 16.5. The molecule has 0 atom stereocenters. The highest BCUT2D eigenvalue weighted by Crippen LogP contribution is 2.31. The molecule has 1 fully saturated rings. The van der Waals surface area contributed by atoms with Crippen molar-refractivity contribution in [1.29, 1.82) is 0 Å². The van der Waals surface area contributed by atoms with E-state index in [0.29, 0.717) is 24.9 Å². The summed E-state index contributed by atoms with van der Waals surface area (Å²) in [6.45, 7) is 3.31. The lowest BCUT2D eigenvalue weighted by Gasteiger charge is -2.26. The van der Waals surface area contributed by atoms with Crippen LogP contribution in [0.2, 0.25) is 0 Å². The summed E-state index contributed by atoms with van der Waals surface area (Å²) in [5.41, 5.74) is 1.64. The molecule has 0 amide bonds. The van der Waals surface area contributed by atoms with Crippen molar-refractivity contribution in [2.75, 3.05) is 18.5 Å². The average Bonchev–Trinajstić information content (AvgIpc) is 3.17. The fourth-order valence-corrected chi connectivity index (χ4v) is 3.98. The van der Waals surface area contributed by atoms with Crippen molar-refractivity contribution in [2.24, 2.45) is 0 Å². The lowest BCUT2D eigenvalue weighted by Crippen LogP contribution is -2.21. The van der Waals surface area contributed by atoms with Crippen LogP contribution in [-0.2, 0) is 4.74 Å². The third-order valence-corrected chi connectivity index (χ3v) is 5.44. The maximum Gasteiger partial charge on any atom is 0.228 e. The number of imidazole rings is 1. The Hall–Kier alpha value is -3.39. The number of halogens is 1. The average molecular weight is 404 g/mol. The molecule has 1 aliphatic rings. The summed E-state index contributed by atoms with van der Waals surface area (Å²) in [5.74, 6) is 0.661. The van der Waals surface area contributed by atoms with E-state index in [1.807, 2.05) is 31.2 Å². The standard InChI is InChI=1S/C22H21FN6O/c1-14-25-13-20(29(14)16-6-8-30-9-7-16)21-18(23)11-26-22(28-21)27-19-12-24-10-15-4-2-3-5-17(15)19/h2-5,10-13,16H,6-9H2,1H3,(H,26,27,28). The number of hydrogen-bond donors (Lipinski definition) is 1. The van der Waals surface area contributed by atoms with E-state index in [9.17, 15) is 4.39 Å². The van der Waals surface area contributed by atoms with Crippen LogP contribution < -0.4 is 5.32 Å². The van der Waals surface area contributed by atoms with Crippen LogP contribution in [0.15, 0.2) is 49.1 Å². The van der Waals surface area contributed by atoms with Gasteiger partial charge in [-0.25, -0.2) is 19.3 Å². The predicted octanol–water partition coefficient (Wildman–Crippen LogP) is 4.43. The zero-order chi connectivity index (χ0) is 20.5. The number of nitrogens with one attached hydrogen (secondary N) is 1. The molecule has 1 N–H and O–H groups in total. The summed E-state index contributed by atoms with van der Waals surface area (Å²) in [5, 5.41) is 5.18. The smallest absolute Gasteiger partial charge is 0.228 e. The van der Waals surface area contributed by atoms with Gasteiger partial charge in [-0.3, -0.25) is 4.98 Å². The van der Waals surface area contributed by atoms with E-state index < -0.39 is 5.82 Å². The second-order valence-corrected chi connectivity index (χ2v) is 7.33. The molecule has 0 unspecified atom stereocenters. The summed E-state index contributed by atoms with van der Waals surface area (Å²) in [6, 6.07) is 8.11. The Morgan fingerprint density at radius 2 is 1.90 bits per heavy atom. The van der Waals surface area contributed by atoms with Crippen LogP contribution in [-0.4, -0.2) is 37.7 Å². The van der Waals surface area contributed by atoms with Crippen molar-refractivity contribution < 1.29 is 9.13 Å². The van der Waals surface area contributed by atoms with Gasteiger partial charge < -0.3 is 14.6 Å². The van der Waals surface area contributed by atoms with Crippen LogP contribution in [0, 0.1) is 12.7 Å². The van der Waals surface area contributed by atoms with Gasteiger partial charge in [-0.05, 0) is 19.8 Å². The number of nitrogens with zero attached hydrogens (tertiary/aromatic N) is 5. The van der Waals surface area contributed by atoms with Crippen LogP contribution in [0.4, 0.5) is 16.0 Å². The summed E-state index contributed by atoms with van der Waals surface area (Å²) in [4.78, 5) is 17.3. The quantitative estimate of drug-likeness (QED) is 0.542. The Balaban J connectivity index is 1.53. The molecule has 4 heterocycles. The Bertz CT molecular complexity index is 1200. The highest BCUT2D eigenvalue weighted by atomic mass is 19.1. The molecule has 7 nitrogen and oxygen atoms in total. The van der Waals surface area contributed by atoms with E-state index >= 15 is 0 Å². The molecular weight excluding hydrogens is 383 g/mol. The maximum atomic E-state index is 14.8. The first kappa shape index (κ1) is 18.6. The molecule has 5 rings (SSSR count). The van der Waals surface area contributed by atoms with Crippen molar-refractivity contribution in [3.05, 3.63) is 60.7 Å². The first-order chi connectivity index (χ1) is 14.7. The molecule has 152 valence electrons. The molecule has 0 bridgehead atoms. The monoisotopic (exact) mass is 404 g/mol. The van der Waals surface area contributed by atoms with Gasteiger partial charge in [0.25, 0.3) is 0 Å². The number of hydrogen-bond acceptors (Lipinski definition) is 6. The molecule has 30 heavy (non-hydrogen) atoms. The number of anilines is 2. The molecular formula is C22H21FN6O. The Morgan fingerprint density at radius 3 is 2.77 bits per heavy atom. The molecule has 1 saturated heterocycles. The van der Waals surface area contributed by atoms with Crippen LogP contribution in [0.1, 0.15) is 24.7 Å². The number of pyridine rings is 1. The highest BCUT2D eigenvalue weighted by Gasteiger charge is 2.23. The summed E-state index contributed by atoms with van der Waals surface area (Å²) < 4.78 is 22.3. The normalized spacial score (nSPS) is 14.9. The van der Waals surface area contributed by atoms with Crippen molar-refractivity contribution in [2.45, 2.75) is 25.8 Å². The molecule has 1 aromatic carbocycles. The van der Waals surface area contributed by atoms with Gasteiger partial charge in [0.2, 0.25) is 5.95 Å². The Labute approximate surface area is 173 Å². The molecule has 0 aliphatic carbocycles. The number of aryl methyl sites for hydroxylation is 1. The fourth-order valence-electron chi connectivity index (χ4n) is 3.98. The second kappa shape index (κ2) is 7.79. The summed E-state index contributed by atoms with van der Waals surface area (Å²) >= 11 is 0. The first-order valence-corrected chi connectivity index (χ1v) is 9.95. The highest BCUT2D eigenvalue weighted by molar-refractivity contribution is 5.93. The van der Waals surface area contributed by atoms with Crippen LogP contribution in [0.25, 0.3) is 22.2 Å². The Morgan fingerprint density at radius 1 is 1.07 bits per heavy atom. The SMILES string of the molecule is Cc1ncc(-c2nc(Nc3cncc4ccccc34)ncc2F)n1C1CCOCC1. The Kier molecular flexibility index (Phi) is 4.84. The van der Waals surface area contributed by atoms with E-state index in [1.54, 1.807) is 18.6 Å². The number of rotatable bonds is 4. The van der Waals surface area contributed by atoms with Crippen LogP contribution >= 0.6 is 0 Å². The molecule has 1 aliphatic heterocycles. The van der Waals surface area contributed by atoms with E-state index in [4.69, 9.17) is 4.74 Å². The predicted molar refractivity (Wildman–Crippen MR) is 112 cm³/mol. The van der Waals surface area contributed by atoms with E-state index in [0.717, 1.165) is 35.1 Å².